The van der Waals surface area contributed by atoms with Gasteiger partial charge in [-0.3, -0.25) is 9.59 Å². The number of nitrogens with zero attached hydrogens (tertiary/aromatic N) is 2. The number of benzene rings is 1. The van der Waals surface area contributed by atoms with E-state index in [1.165, 1.54) is 29.0 Å². The Bertz CT molecular complexity index is 452. The number of carbonyl (C=O) groups excluding carboxylic acids is 2. The Labute approximate surface area is 106 Å². The summed E-state index contributed by atoms with van der Waals surface area (Å²) in [7, 11) is 4.75. The van der Waals surface area contributed by atoms with Crippen molar-refractivity contribution >= 4 is 11.8 Å². The monoisotopic (exact) mass is 252 g/mol. The Balaban J connectivity index is 2.83. The van der Waals surface area contributed by atoms with E-state index in [4.69, 9.17) is 0 Å². The standard InChI is InChI=1S/C13H17FN2O2/c1-9-5-10(7-11(14)6-9)13(18)16(4)8-12(17)15(2)3/h5-7H,8H2,1-4H3. The highest BCUT2D eigenvalue weighted by atomic mass is 19.1. The van der Waals surface area contributed by atoms with Crippen molar-refractivity contribution in [3.8, 4) is 0 Å². The summed E-state index contributed by atoms with van der Waals surface area (Å²) < 4.78 is 13.2. The van der Waals surface area contributed by atoms with E-state index in [0.717, 1.165) is 0 Å². The first-order valence-electron chi connectivity index (χ1n) is 5.54. The number of aryl methyl sites for hydroxylation is 1. The summed E-state index contributed by atoms with van der Waals surface area (Å²) in [6.45, 7) is 1.69. The Morgan fingerprint density at radius 3 is 2.28 bits per heavy atom. The molecule has 0 saturated heterocycles. The third-order valence-electron chi connectivity index (χ3n) is 2.51. The van der Waals surface area contributed by atoms with Gasteiger partial charge in [-0.15, -0.1) is 0 Å². The van der Waals surface area contributed by atoms with E-state index in [-0.39, 0.29) is 23.9 Å². The molecule has 0 radical (unpaired) electrons. The van der Waals surface area contributed by atoms with E-state index in [0.29, 0.717) is 5.56 Å². The maximum absolute atomic E-state index is 13.2. The Morgan fingerprint density at radius 2 is 1.78 bits per heavy atom. The van der Waals surface area contributed by atoms with Gasteiger partial charge >= 0.3 is 0 Å². The number of halogens is 1. The van der Waals surface area contributed by atoms with Crippen LogP contribution in [0.3, 0.4) is 0 Å². The van der Waals surface area contributed by atoms with E-state index in [1.54, 1.807) is 27.1 Å². The van der Waals surface area contributed by atoms with Gasteiger partial charge in [0.05, 0.1) is 6.54 Å². The molecule has 4 nitrogen and oxygen atoms in total. The fourth-order valence-corrected chi connectivity index (χ4v) is 1.50. The Kier molecular flexibility index (Phi) is 4.42. The molecule has 5 heteroatoms. The highest BCUT2D eigenvalue weighted by molar-refractivity contribution is 5.96. The summed E-state index contributed by atoms with van der Waals surface area (Å²) in [6, 6.07) is 4.12. The molecule has 1 aromatic carbocycles. The first-order chi connectivity index (χ1) is 8.31. The maximum Gasteiger partial charge on any atom is 0.254 e. The molecule has 0 atom stereocenters. The molecule has 98 valence electrons. The number of rotatable bonds is 3. The van der Waals surface area contributed by atoms with Gasteiger partial charge in [0.1, 0.15) is 5.82 Å². The minimum absolute atomic E-state index is 0.0264. The summed E-state index contributed by atoms with van der Waals surface area (Å²) in [6.07, 6.45) is 0. The van der Waals surface area contributed by atoms with Gasteiger partial charge in [0, 0.05) is 26.7 Å². The van der Waals surface area contributed by atoms with Crippen molar-refractivity contribution in [1.29, 1.82) is 0 Å². The second-order valence-corrected chi connectivity index (χ2v) is 4.47. The van der Waals surface area contributed by atoms with Crippen LogP contribution in [-0.2, 0) is 4.79 Å². The zero-order chi connectivity index (χ0) is 13.9. The lowest BCUT2D eigenvalue weighted by molar-refractivity contribution is -0.129. The van der Waals surface area contributed by atoms with Crippen LogP contribution in [0.15, 0.2) is 18.2 Å². The largest absolute Gasteiger partial charge is 0.347 e. The van der Waals surface area contributed by atoms with Crippen molar-refractivity contribution in [1.82, 2.24) is 9.80 Å². The lowest BCUT2D eigenvalue weighted by Gasteiger charge is -2.19. The molecule has 1 aromatic rings. The van der Waals surface area contributed by atoms with Crippen molar-refractivity contribution in [2.24, 2.45) is 0 Å². The second kappa shape index (κ2) is 5.62. The summed E-state index contributed by atoms with van der Waals surface area (Å²) >= 11 is 0. The molecule has 0 spiro atoms. The van der Waals surface area contributed by atoms with Gasteiger partial charge in [-0.2, -0.15) is 0 Å². The average molecular weight is 252 g/mol. The van der Waals surface area contributed by atoms with Gasteiger partial charge in [-0.25, -0.2) is 4.39 Å². The predicted octanol–water partition coefficient (Wildman–Crippen LogP) is 1.29. The van der Waals surface area contributed by atoms with Gasteiger partial charge in [0.15, 0.2) is 0 Å². The number of likely N-dealkylation sites (N-methyl/N-ethyl adjacent to an activating group) is 2. The summed E-state index contributed by atoms with van der Waals surface area (Å²) in [4.78, 5) is 26.2. The van der Waals surface area contributed by atoms with Crippen LogP contribution in [-0.4, -0.2) is 49.3 Å². The van der Waals surface area contributed by atoms with E-state index < -0.39 is 5.82 Å². The van der Waals surface area contributed by atoms with Crippen LogP contribution in [0, 0.1) is 12.7 Å². The molecule has 0 N–H and O–H groups in total. The summed E-state index contributed by atoms with van der Waals surface area (Å²) in [5.74, 6) is -1.00. The Morgan fingerprint density at radius 1 is 1.17 bits per heavy atom. The molecule has 0 aliphatic heterocycles. The molecule has 0 aromatic heterocycles. The topological polar surface area (TPSA) is 40.6 Å². The third-order valence-corrected chi connectivity index (χ3v) is 2.51. The van der Waals surface area contributed by atoms with Gasteiger partial charge in [0.2, 0.25) is 5.91 Å². The van der Waals surface area contributed by atoms with Gasteiger partial charge in [-0.05, 0) is 30.7 Å². The minimum Gasteiger partial charge on any atom is -0.347 e. The predicted molar refractivity (Wildman–Crippen MR) is 66.8 cm³/mol. The van der Waals surface area contributed by atoms with Crippen molar-refractivity contribution in [3.05, 3.63) is 35.1 Å². The molecule has 0 fully saturated rings. The summed E-state index contributed by atoms with van der Waals surface area (Å²) in [5, 5.41) is 0. The van der Waals surface area contributed by atoms with Crippen LogP contribution < -0.4 is 0 Å². The van der Waals surface area contributed by atoms with E-state index in [9.17, 15) is 14.0 Å². The van der Waals surface area contributed by atoms with Crippen LogP contribution in [0.4, 0.5) is 4.39 Å². The van der Waals surface area contributed by atoms with Crippen LogP contribution >= 0.6 is 0 Å². The first kappa shape index (κ1) is 14.2. The zero-order valence-electron chi connectivity index (χ0n) is 11.0. The SMILES string of the molecule is Cc1cc(F)cc(C(=O)N(C)CC(=O)N(C)C)c1. The molecular weight excluding hydrogens is 235 g/mol. The normalized spacial score (nSPS) is 10.1. The fraction of sp³-hybridized carbons (Fsp3) is 0.385. The number of carbonyl (C=O) groups is 2. The van der Waals surface area contributed by atoms with Gasteiger partial charge < -0.3 is 9.80 Å². The Hall–Kier alpha value is -1.91. The van der Waals surface area contributed by atoms with Crippen molar-refractivity contribution in [3.63, 3.8) is 0 Å². The molecule has 0 bridgehead atoms. The first-order valence-corrected chi connectivity index (χ1v) is 5.54. The van der Waals surface area contributed by atoms with Crippen LogP contribution in [0.2, 0.25) is 0 Å². The summed E-state index contributed by atoms with van der Waals surface area (Å²) in [5.41, 5.74) is 0.923. The quantitative estimate of drug-likeness (QED) is 0.813. The molecule has 0 aliphatic carbocycles. The third kappa shape index (κ3) is 3.55. The van der Waals surface area contributed by atoms with Gasteiger partial charge in [0.25, 0.3) is 5.91 Å². The lowest BCUT2D eigenvalue weighted by atomic mass is 10.1. The van der Waals surface area contributed by atoms with E-state index in [2.05, 4.69) is 0 Å². The number of hydrogen-bond donors (Lipinski definition) is 0. The fourth-order valence-electron chi connectivity index (χ4n) is 1.50. The van der Waals surface area contributed by atoms with Crippen LogP contribution in [0.25, 0.3) is 0 Å². The maximum atomic E-state index is 13.2. The molecule has 0 aliphatic rings. The highest BCUT2D eigenvalue weighted by Gasteiger charge is 2.16. The van der Waals surface area contributed by atoms with Crippen molar-refractivity contribution in [2.45, 2.75) is 6.92 Å². The van der Waals surface area contributed by atoms with E-state index >= 15 is 0 Å². The molecule has 2 amide bonds. The van der Waals surface area contributed by atoms with E-state index in [1.807, 2.05) is 0 Å². The number of hydrogen-bond acceptors (Lipinski definition) is 2. The lowest BCUT2D eigenvalue weighted by Crippen LogP contribution is -2.37. The van der Waals surface area contributed by atoms with Crippen LogP contribution in [0.5, 0.6) is 0 Å². The molecule has 1 rings (SSSR count). The number of amides is 2. The zero-order valence-corrected chi connectivity index (χ0v) is 11.0. The molecule has 0 heterocycles. The molecular formula is C13H17FN2O2. The van der Waals surface area contributed by atoms with Crippen LogP contribution in [0.1, 0.15) is 15.9 Å². The highest BCUT2D eigenvalue weighted by Crippen LogP contribution is 2.10. The molecule has 0 unspecified atom stereocenters. The van der Waals surface area contributed by atoms with Crippen molar-refractivity contribution in [2.75, 3.05) is 27.7 Å². The molecule has 18 heavy (non-hydrogen) atoms. The smallest absolute Gasteiger partial charge is 0.254 e. The minimum atomic E-state index is -0.453. The van der Waals surface area contributed by atoms with Gasteiger partial charge in [-0.1, -0.05) is 0 Å². The second-order valence-electron chi connectivity index (χ2n) is 4.47. The average Bonchev–Trinajstić information content (AvgIpc) is 2.26. The molecule has 0 saturated carbocycles. The van der Waals surface area contributed by atoms with Crippen molar-refractivity contribution < 1.29 is 14.0 Å².